The molecule has 0 radical (unpaired) electrons. The highest BCUT2D eigenvalue weighted by molar-refractivity contribution is 5.77. The second-order valence-electron chi connectivity index (χ2n) is 4.17. The molecule has 80 valence electrons. The molecule has 0 aromatic heterocycles. The van der Waals surface area contributed by atoms with Gasteiger partial charge in [-0.15, -0.1) is 0 Å². The molecule has 4 atom stereocenters. The van der Waals surface area contributed by atoms with Crippen LogP contribution in [0.15, 0.2) is 4.99 Å². The van der Waals surface area contributed by atoms with Gasteiger partial charge in [-0.05, 0) is 26.2 Å². The molecule has 0 spiro atoms. The molecule has 0 saturated carbocycles. The van der Waals surface area contributed by atoms with Crippen molar-refractivity contribution in [1.29, 1.82) is 0 Å². The van der Waals surface area contributed by atoms with Crippen LogP contribution in [0.2, 0.25) is 0 Å². The second kappa shape index (κ2) is 3.74. The molecule has 5 heteroatoms. The maximum Gasteiger partial charge on any atom is 0.203 e. The lowest BCUT2D eigenvalue weighted by Crippen LogP contribution is -2.39. The fourth-order valence-electron chi connectivity index (χ4n) is 2.54. The SMILES string of the molecule is CC(N=C(N)NN)C1CC2CCC1O2. The average Bonchev–Trinajstić information content (AvgIpc) is 2.78. The molecule has 5 nitrogen and oxygen atoms in total. The first kappa shape index (κ1) is 9.73. The summed E-state index contributed by atoms with van der Waals surface area (Å²) in [7, 11) is 0. The Kier molecular flexibility index (Phi) is 2.60. The molecular formula is C9H18N4O. The van der Waals surface area contributed by atoms with Gasteiger partial charge in [0, 0.05) is 5.92 Å². The largest absolute Gasteiger partial charge is 0.375 e. The van der Waals surface area contributed by atoms with E-state index in [2.05, 4.69) is 17.3 Å². The molecule has 2 fully saturated rings. The van der Waals surface area contributed by atoms with E-state index in [4.69, 9.17) is 16.3 Å². The van der Waals surface area contributed by atoms with E-state index in [0.717, 1.165) is 6.42 Å². The summed E-state index contributed by atoms with van der Waals surface area (Å²) in [5, 5.41) is 0. The van der Waals surface area contributed by atoms with Crippen LogP contribution in [0.4, 0.5) is 0 Å². The highest BCUT2D eigenvalue weighted by Gasteiger charge is 2.43. The average molecular weight is 198 g/mol. The predicted octanol–water partition coefficient (Wildman–Crippen LogP) is -0.280. The maximum atomic E-state index is 5.76. The van der Waals surface area contributed by atoms with Gasteiger partial charge in [0.1, 0.15) is 0 Å². The van der Waals surface area contributed by atoms with Crippen molar-refractivity contribution in [3.05, 3.63) is 0 Å². The Morgan fingerprint density at radius 2 is 2.36 bits per heavy atom. The van der Waals surface area contributed by atoms with Crippen molar-refractivity contribution < 1.29 is 4.74 Å². The van der Waals surface area contributed by atoms with Crippen LogP contribution < -0.4 is 17.0 Å². The van der Waals surface area contributed by atoms with E-state index in [1.165, 1.54) is 12.8 Å². The van der Waals surface area contributed by atoms with Crippen molar-refractivity contribution in [1.82, 2.24) is 5.43 Å². The van der Waals surface area contributed by atoms with Crippen molar-refractivity contribution in [2.24, 2.45) is 22.5 Å². The first-order chi connectivity index (χ1) is 6.70. The lowest BCUT2D eigenvalue weighted by molar-refractivity contribution is 0.0896. The minimum atomic E-state index is 0.196. The van der Waals surface area contributed by atoms with Gasteiger partial charge in [-0.2, -0.15) is 0 Å². The van der Waals surface area contributed by atoms with Crippen LogP contribution in [0.25, 0.3) is 0 Å². The summed E-state index contributed by atoms with van der Waals surface area (Å²) in [6.45, 7) is 2.07. The highest BCUT2D eigenvalue weighted by Crippen LogP contribution is 2.40. The quantitative estimate of drug-likeness (QED) is 0.246. The first-order valence-corrected chi connectivity index (χ1v) is 5.16. The third-order valence-electron chi connectivity index (χ3n) is 3.26. The van der Waals surface area contributed by atoms with Crippen LogP contribution in [0.5, 0.6) is 0 Å². The minimum absolute atomic E-state index is 0.196. The second-order valence-corrected chi connectivity index (χ2v) is 4.17. The van der Waals surface area contributed by atoms with Crippen LogP contribution in [0, 0.1) is 5.92 Å². The molecule has 2 saturated heterocycles. The number of rotatable bonds is 2. The smallest absolute Gasteiger partial charge is 0.203 e. The molecule has 2 aliphatic rings. The lowest BCUT2D eigenvalue weighted by Gasteiger charge is -2.22. The van der Waals surface area contributed by atoms with Gasteiger partial charge in [-0.1, -0.05) is 0 Å². The monoisotopic (exact) mass is 198 g/mol. The number of nitrogens with one attached hydrogen (secondary N) is 1. The van der Waals surface area contributed by atoms with Crippen molar-refractivity contribution in [2.75, 3.05) is 0 Å². The summed E-state index contributed by atoms with van der Waals surface area (Å²) in [6, 6.07) is 0.196. The van der Waals surface area contributed by atoms with Crippen LogP contribution in [-0.4, -0.2) is 24.2 Å². The molecule has 2 bridgehead atoms. The number of hydrazine groups is 1. The van der Waals surface area contributed by atoms with Crippen molar-refractivity contribution in [3.63, 3.8) is 0 Å². The Labute approximate surface area is 83.9 Å². The van der Waals surface area contributed by atoms with Crippen molar-refractivity contribution in [2.45, 2.75) is 44.4 Å². The summed E-state index contributed by atoms with van der Waals surface area (Å²) >= 11 is 0. The van der Waals surface area contributed by atoms with Gasteiger partial charge in [0.2, 0.25) is 5.96 Å². The summed E-state index contributed by atoms with van der Waals surface area (Å²) in [5.74, 6) is 5.98. The molecule has 14 heavy (non-hydrogen) atoms. The van der Waals surface area contributed by atoms with E-state index in [-0.39, 0.29) is 6.04 Å². The Hall–Kier alpha value is -0.810. The van der Waals surface area contributed by atoms with Crippen LogP contribution in [0.3, 0.4) is 0 Å². The van der Waals surface area contributed by atoms with Crippen LogP contribution in [-0.2, 0) is 4.74 Å². The number of guanidine groups is 1. The number of ether oxygens (including phenoxy) is 1. The zero-order valence-electron chi connectivity index (χ0n) is 8.44. The van der Waals surface area contributed by atoms with E-state index < -0.39 is 0 Å². The van der Waals surface area contributed by atoms with Crippen molar-refractivity contribution >= 4 is 5.96 Å². The molecule has 0 amide bonds. The van der Waals surface area contributed by atoms with Gasteiger partial charge >= 0.3 is 0 Å². The minimum Gasteiger partial charge on any atom is -0.375 e. The highest BCUT2D eigenvalue weighted by atomic mass is 16.5. The fraction of sp³-hybridized carbons (Fsp3) is 0.889. The summed E-state index contributed by atoms with van der Waals surface area (Å²) in [6.07, 6.45) is 4.36. The number of nitrogens with two attached hydrogens (primary N) is 2. The predicted molar refractivity (Wildman–Crippen MR) is 54.4 cm³/mol. The Bertz CT molecular complexity index is 243. The van der Waals surface area contributed by atoms with Gasteiger partial charge < -0.3 is 10.5 Å². The zero-order valence-corrected chi connectivity index (χ0v) is 8.44. The van der Waals surface area contributed by atoms with Gasteiger partial charge in [-0.25, -0.2) is 10.8 Å². The molecule has 2 aliphatic heterocycles. The molecule has 0 aromatic rings. The number of hydrogen-bond acceptors (Lipinski definition) is 3. The molecular weight excluding hydrogens is 180 g/mol. The zero-order chi connectivity index (χ0) is 10.1. The van der Waals surface area contributed by atoms with Gasteiger partial charge in [0.05, 0.1) is 18.2 Å². The molecule has 5 N–H and O–H groups in total. The summed E-state index contributed by atoms with van der Waals surface area (Å²) in [5.41, 5.74) is 7.86. The summed E-state index contributed by atoms with van der Waals surface area (Å²) < 4.78 is 5.76. The third-order valence-corrected chi connectivity index (χ3v) is 3.26. The molecule has 2 rings (SSSR count). The van der Waals surface area contributed by atoms with Crippen LogP contribution in [0.1, 0.15) is 26.2 Å². The van der Waals surface area contributed by atoms with E-state index in [9.17, 15) is 0 Å². The number of aliphatic imine (C=N–C) groups is 1. The first-order valence-electron chi connectivity index (χ1n) is 5.16. The van der Waals surface area contributed by atoms with E-state index in [1.54, 1.807) is 0 Å². The molecule has 4 unspecified atom stereocenters. The molecule has 0 aliphatic carbocycles. The van der Waals surface area contributed by atoms with Crippen LogP contribution >= 0.6 is 0 Å². The number of nitrogens with zero attached hydrogens (tertiary/aromatic N) is 1. The number of fused-ring (bicyclic) bond motifs is 2. The van der Waals surface area contributed by atoms with E-state index in [0.29, 0.717) is 24.1 Å². The normalized spacial score (nSPS) is 38.7. The maximum absolute atomic E-state index is 5.76. The summed E-state index contributed by atoms with van der Waals surface area (Å²) in [4.78, 5) is 4.27. The lowest BCUT2D eigenvalue weighted by atomic mass is 9.85. The number of hydrogen-bond donors (Lipinski definition) is 3. The Balaban J connectivity index is 1.96. The molecule has 0 aromatic carbocycles. The Morgan fingerprint density at radius 1 is 1.57 bits per heavy atom. The van der Waals surface area contributed by atoms with Crippen molar-refractivity contribution in [3.8, 4) is 0 Å². The third kappa shape index (κ3) is 1.69. The van der Waals surface area contributed by atoms with E-state index in [1.807, 2.05) is 0 Å². The van der Waals surface area contributed by atoms with Gasteiger partial charge in [0.15, 0.2) is 0 Å². The Morgan fingerprint density at radius 3 is 2.86 bits per heavy atom. The standard InChI is InChI=1S/C9H18N4O/c1-5(12-9(10)13-11)7-4-6-2-3-8(7)14-6/h5-8H,2-4,11H2,1H3,(H3,10,12,13). The van der Waals surface area contributed by atoms with E-state index >= 15 is 0 Å². The van der Waals surface area contributed by atoms with Gasteiger partial charge in [0.25, 0.3) is 0 Å². The van der Waals surface area contributed by atoms with Gasteiger partial charge in [-0.3, -0.25) is 5.43 Å². The topological polar surface area (TPSA) is 85.7 Å². The fourth-order valence-corrected chi connectivity index (χ4v) is 2.54. The molecule has 2 heterocycles.